The molecule has 2 rings (SSSR count). The average Bonchev–Trinajstić information content (AvgIpc) is 2.58. The number of amides is 1. The normalized spacial score (nSPS) is 22.8. The summed E-state index contributed by atoms with van der Waals surface area (Å²) in [5, 5.41) is 2.78. The van der Waals surface area contributed by atoms with Crippen molar-refractivity contribution in [2.24, 2.45) is 0 Å². The fourth-order valence-corrected chi connectivity index (χ4v) is 1.48. The third-order valence-corrected chi connectivity index (χ3v) is 2.14. The van der Waals surface area contributed by atoms with Gasteiger partial charge in [-0.1, -0.05) is 0 Å². The van der Waals surface area contributed by atoms with Crippen LogP contribution in [0.5, 0.6) is 0 Å². The topological polar surface area (TPSA) is 42.2 Å². The molecule has 1 fully saturated rings. The maximum Gasteiger partial charge on any atom is 0.220 e. The van der Waals surface area contributed by atoms with Crippen LogP contribution in [-0.4, -0.2) is 12.5 Å². The van der Waals surface area contributed by atoms with Gasteiger partial charge in [-0.3, -0.25) is 4.79 Å². The first-order valence-electron chi connectivity index (χ1n) is 4.09. The number of carbonyl (C=O) groups excluding carboxylic acids is 1. The zero-order chi connectivity index (χ0) is 8.55. The second-order valence-corrected chi connectivity index (χ2v) is 3.15. The maximum absolute atomic E-state index is 10.9. The second kappa shape index (κ2) is 2.66. The fourth-order valence-electron chi connectivity index (χ4n) is 1.48. The Bertz CT molecular complexity index is 303. The number of carbonyl (C=O) groups is 1. The minimum absolute atomic E-state index is 0.119. The van der Waals surface area contributed by atoms with Gasteiger partial charge >= 0.3 is 0 Å². The van der Waals surface area contributed by atoms with Gasteiger partial charge in [0.05, 0.1) is 0 Å². The van der Waals surface area contributed by atoms with E-state index in [1.165, 1.54) is 0 Å². The average molecular weight is 165 g/mol. The van der Waals surface area contributed by atoms with Gasteiger partial charge in [0.1, 0.15) is 11.5 Å². The van der Waals surface area contributed by atoms with E-state index in [1.54, 1.807) is 0 Å². The molecule has 1 aliphatic heterocycles. The number of aryl methyl sites for hydroxylation is 1. The van der Waals surface area contributed by atoms with Gasteiger partial charge in [-0.05, 0) is 19.1 Å². The van der Waals surface area contributed by atoms with Gasteiger partial charge in [-0.25, -0.2) is 0 Å². The molecule has 0 spiro atoms. The Labute approximate surface area is 70.8 Å². The second-order valence-electron chi connectivity index (χ2n) is 3.15. The zero-order valence-electron chi connectivity index (χ0n) is 6.96. The van der Waals surface area contributed by atoms with Crippen LogP contribution >= 0.6 is 0 Å². The molecule has 1 aromatic heterocycles. The van der Waals surface area contributed by atoms with Crippen molar-refractivity contribution in [1.29, 1.82) is 0 Å². The lowest BCUT2D eigenvalue weighted by Crippen LogP contribution is -2.13. The fraction of sp³-hybridized carbons (Fsp3) is 0.444. The SMILES string of the molecule is Cc1ccc(C2CNC(=O)C2)o1. The number of hydrogen-bond donors (Lipinski definition) is 1. The van der Waals surface area contributed by atoms with E-state index in [0.717, 1.165) is 11.5 Å². The van der Waals surface area contributed by atoms with Gasteiger partial charge in [0.2, 0.25) is 5.91 Å². The predicted octanol–water partition coefficient (Wildman–Crippen LogP) is 1.19. The Morgan fingerprint density at radius 2 is 2.42 bits per heavy atom. The van der Waals surface area contributed by atoms with Crippen LogP contribution in [0.1, 0.15) is 23.9 Å². The molecule has 1 aromatic rings. The van der Waals surface area contributed by atoms with Crippen LogP contribution in [0.4, 0.5) is 0 Å². The van der Waals surface area contributed by atoms with Gasteiger partial charge in [0.15, 0.2) is 0 Å². The molecular formula is C9H11NO2. The third kappa shape index (κ3) is 1.22. The van der Waals surface area contributed by atoms with E-state index in [-0.39, 0.29) is 11.8 Å². The molecular weight excluding hydrogens is 154 g/mol. The van der Waals surface area contributed by atoms with E-state index < -0.39 is 0 Å². The lowest BCUT2D eigenvalue weighted by molar-refractivity contribution is -0.119. The van der Waals surface area contributed by atoms with Crippen molar-refractivity contribution in [3.63, 3.8) is 0 Å². The smallest absolute Gasteiger partial charge is 0.220 e. The van der Waals surface area contributed by atoms with Crippen LogP contribution in [0.3, 0.4) is 0 Å². The van der Waals surface area contributed by atoms with Gasteiger partial charge in [-0.2, -0.15) is 0 Å². The van der Waals surface area contributed by atoms with Crippen LogP contribution in [0.2, 0.25) is 0 Å². The zero-order valence-corrected chi connectivity index (χ0v) is 6.96. The van der Waals surface area contributed by atoms with E-state index in [2.05, 4.69) is 5.32 Å². The summed E-state index contributed by atoms with van der Waals surface area (Å²) >= 11 is 0. The van der Waals surface area contributed by atoms with Crippen molar-refractivity contribution in [2.75, 3.05) is 6.54 Å². The Hall–Kier alpha value is -1.25. The van der Waals surface area contributed by atoms with E-state index in [1.807, 2.05) is 19.1 Å². The Kier molecular flexibility index (Phi) is 1.64. The lowest BCUT2D eigenvalue weighted by Gasteiger charge is -2.00. The molecule has 1 aliphatic rings. The summed E-state index contributed by atoms with van der Waals surface area (Å²) in [6.07, 6.45) is 0.562. The molecule has 3 heteroatoms. The van der Waals surface area contributed by atoms with E-state index >= 15 is 0 Å². The minimum Gasteiger partial charge on any atom is -0.466 e. The highest BCUT2D eigenvalue weighted by molar-refractivity contribution is 5.79. The summed E-state index contributed by atoms with van der Waals surface area (Å²) in [5.41, 5.74) is 0. The van der Waals surface area contributed by atoms with Crippen molar-refractivity contribution in [3.05, 3.63) is 23.7 Å². The Morgan fingerprint density at radius 3 is 2.92 bits per heavy atom. The highest BCUT2D eigenvalue weighted by Gasteiger charge is 2.25. The molecule has 0 bridgehead atoms. The molecule has 0 radical (unpaired) electrons. The monoisotopic (exact) mass is 165 g/mol. The van der Waals surface area contributed by atoms with E-state index in [9.17, 15) is 4.79 Å². The molecule has 2 heterocycles. The van der Waals surface area contributed by atoms with Gasteiger partial charge in [-0.15, -0.1) is 0 Å². The maximum atomic E-state index is 10.9. The molecule has 1 saturated heterocycles. The standard InChI is InChI=1S/C9H11NO2/c1-6-2-3-8(12-6)7-4-9(11)10-5-7/h2-3,7H,4-5H2,1H3,(H,10,11). The van der Waals surface area contributed by atoms with Gasteiger partial charge < -0.3 is 9.73 Å². The number of rotatable bonds is 1. The summed E-state index contributed by atoms with van der Waals surface area (Å²) in [5.74, 6) is 2.19. The van der Waals surface area contributed by atoms with E-state index in [4.69, 9.17) is 4.42 Å². The molecule has 3 nitrogen and oxygen atoms in total. The predicted molar refractivity (Wildman–Crippen MR) is 43.8 cm³/mol. The quantitative estimate of drug-likeness (QED) is 0.679. The lowest BCUT2D eigenvalue weighted by atomic mass is 10.1. The number of hydrogen-bond acceptors (Lipinski definition) is 2. The van der Waals surface area contributed by atoms with E-state index in [0.29, 0.717) is 13.0 Å². The highest BCUT2D eigenvalue weighted by Crippen LogP contribution is 2.24. The summed E-state index contributed by atoms with van der Waals surface area (Å²) in [4.78, 5) is 10.9. The Morgan fingerprint density at radius 1 is 1.58 bits per heavy atom. The van der Waals surface area contributed by atoms with Crippen LogP contribution in [0.25, 0.3) is 0 Å². The van der Waals surface area contributed by atoms with Gasteiger partial charge in [0.25, 0.3) is 0 Å². The third-order valence-electron chi connectivity index (χ3n) is 2.14. The first-order valence-corrected chi connectivity index (χ1v) is 4.09. The molecule has 64 valence electrons. The summed E-state index contributed by atoms with van der Waals surface area (Å²) in [7, 11) is 0. The number of nitrogens with one attached hydrogen (secondary N) is 1. The molecule has 1 atom stereocenters. The molecule has 1 N–H and O–H groups in total. The van der Waals surface area contributed by atoms with Crippen LogP contribution in [0, 0.1) is 6.92 Å². The van der Waals surface area contributed by atoms with Crippen molar-refractivity contribution in [3.8, 4) is 0 Å². The summed E-state index contributed by atoms with van der Waals surface area (Å²) in [6.45, 7) is 2.62. The minimum atomic E-state index is 0.119. The largest absolute Gasteiger partial charge is 0.466 e. The van der Waals surface area contributed by atoms with Crippen molar-refractivity contribution < 1.29 is 9.21 Å². The summed E-state index contributed by atoms with van der Waals surface area (Å²) < 4.78 is 5.42. The van der Waals surface area contributed by atoms with Gasteiger partial charge in [0, 0.05) is 18.9 Å². The highest BCUT2D eigenvalue weighted by atomic mass is 16.3. The molecule has 0 saturated carbocycles. The molecule has 0 aromatic carbocycles. The summed E-state index contributed by atoms with van der Waals surface area (Å²) in [6, 6.07) is 3.87. The first kappa shape index (κ1) is 7.40. The molecule has 1 amide bonds. The Balaban J connectivity index is 2.15. The molecule has 0 aliphatic carbocycles. The van der Waals surface area contributed by atoms with Crippen molar-refractivity contribution in [1.82, 2.24) is 5.32 Å². The van der Waals surface area contributed by atoms with Crippen LogP contribution in [-0.2, 0) is 4.79 Å². The number of furan rings is 1. The van der Waals surface area contributed by atoms with Crippen molar-refractivity contribution in [2.45, 2.75) is 19.3 Å². The van der Waals surface area contributed by atoms with Crippen LogP contribution in [0.15, 0.2) is 16.5 Å². The molecule has 12 heavy (non-hydrogen) atoms. The first-order chi connectivity index (χ1) is 5.75. The van der Waals surface area contributed by atoms with Crippen LogP contribution < -0.4 is 5.32 Å². The molecule has 1 unspecified atom stereocenters. The van der Waals surface area contributed by atoms with Crippen molar-refractivity contribution >= 4 is 5.91 Å².